The minimum Gasteiger partial charge on any atom is -0.467 e. The highest BCUT2D eigenvalue weighted by Gasteiger charge is 2.37. The van der Waals surface area contributed by atoms with Gasteiger partial charge in [0.1, 0.15) is 12.6 Å². The third kappa shape index (κ3) is 3.49. The van der Waals surface area contributed by atoms with Gasteiger partial charge in [-0.3, -0.25) is 9.10 Å². The molecular formula is C19H22N2O5S. The van der Waals surface area contributed by atoms with E-state index in [1.807, 2.05) is 26.0 Å². The van der Waals surface area contributed by atoms with Crippen LogP contribution in [-0.4, -0.2) is 40.0 Å². The van der Waals surface area contributed by atoms with Crippen LogP contribution in [0.4, 0.5) is 5.69 Å². The van der Waals surface area contributed by atoms with Crippen molar-refractivity contribution in [3.63, 3.8) is 0 Å². The molecule has 1 aliphatic rings. The molecule has 2 aromatic carbocycles. The van der Waals surface area contributed by atoms with E-state index in [9.17, 15) is 18.0 Å². The minimum atomic E-state index is -3.82. The highest BCUT2D eigenvalue weighted by Crippen LogP contribution is 2.41. The van der Waals surface area contributed by atoms with Crippen molar-refractivity contribution in [2.45, 2.75) is 31.2 Å². The van der Waals surface area contributed by atoms with E-state index in [1.165, 1.54) is 13.2 Å². The second kappa shape index (κ2) is 7.19. The molecule has 0 unspecified atom stereocenters. The normalized spacial score (nSPS) is 15.8. The summed E-state index contributed by atoms with van der Waals surface area (Å²) in [6, 6.07) is 9.49. The summed E-state index contributed by atoms with van der Waals surface area (Å²) in [5, 5.41) is 4.01. The Morgan fingerprint density at radius 1 is 1.15 bits per heavy atom. The van der Waals surface area contributed by atoms with Gasteiger partial charge < -0.3 is 10.1 Å². The van der Waals surface area contributed by atoms with E-state index in [0.29, 0.717) is 17.5 Å². The van der Waals surface area contributed by atoms with Gasteiger partial charge >= 0.3 is 5.97 Å². The highest BCUT2D eigenvalue weighted by atomic mass is 32.2. The molecule has 1 atom stereocenters. The fourth-order valence-electron chi connectivity index (χ4n) is 3.33. The SMILES string of the molecule is COC(=O)[C@@H](CC(C)C)NC(=O)CN1c2cccc3cccc(c23)S1(=O)=O. The van der Waals surface area contributed by atoms with Gasteiger partial charge in [-0.1, -0.05) is 38.1 Å². The summed E-state index contributed by atoms with van der Waals surface area (Å²) in [7, 11) is -2.57. The first-order valence-electron chi connectivity index (χ1n) is 8.67. The predicted octanol–water partition coefficient (Wildman–Crippen LogP) is 2.05. The second-order valence-electron chi connectivity index (χ2n) is 6.92. The van der Waals surface area contributed by atoms with Crippen LogP contribution < -0.4 is 9.62 Å². The van der Waals surface area contributed by atoms with Crippen molar-refractivity contribution in [2.75, 3.05) is 18.0 Å². The van der Waals surface area contributed by atoms with Gasteiger partial charge in [-0.05, 0) is 29.9 Å². The van der Waals surface area contributed by atoms with Gasteiger partial charge in [0.15, 0.2) is 0 Å². The number of amides is 1. The number of esters is 1. The lowest BCUT2D eigenvalue weighted by molar-refractivity contribution is -0.145. The van der Waals surface area contributed by atoms with Gasteiger partial charge in [0.25, 0.3) is 10.0 Å². The first-order valence-corrected chi connectivity index (χ1v) is 10.1. The molecular weight excluding hydrogens is 368 g/mol. The summed E-state index contributed by atoms with van der Waals surface area (Å²) in [6.45, 7) is 3.44. The van der Waals surface area contributed by atoms with E-state index in [-0.39, 0.29) is 10.8 Å². The molecule has 8 heteroatoms. The summed E-state index contributed by atoms with van der Waals surface area (Å²) in [5.41, 5.74) is 0.469. The molecule has 1 aliphatic heterocycles. The van der Waals surface area contributed by atoms with Gasteiger partial charge in [0.05, 0.1) is 17.7 Å². The number of carbonyl (C=O) groups is 2. The number of hydrogen-bond donors (Lipinski definition) is 1. The lowest BCUT2D eigenvalue weighted by Crippen LogP contribution is -2.47. The number of benzene rings is 2. The molecule has 1 N–H and O–H groups in total. The lowest BCUT2D eigenvalue weighted by Gasteiger charge is -2.22. The van der Waals surface area contributed by atoms with Crippen LogP contribution in [0, 0.1) is 5.92 Å². The summed E-state index contributed by atoms with van der Waals surface area (Å²) in [5.74, 6) is -0.950. The monoisotopic (exact) mass is 390 g/mol. The molecule has 0 saturated carbocycles. The molecule has 0 radical (unpaired) electrons. The minimum absolute atomic E-state index is 0.155. The zero-order valence-electron chi connectivity index (χ0n) is 15.4. The van der Waals surface area contributed by atoms with Gasteiger partial charge in [0.2, 0.25) is 5.91 Å². The fourth-order valence-corrected chi connectivity index (χ4v) is 4.99. The number of nitrogens with zero attached hydrogens (tertiary/aromatic N) is 1. The van der Waals surface area contributed by atoms with Crippen molar-refractivity contribution < 1.29 is 22.7 Å². The number of nitrogens with one attached hydrogen (secondary N) is 1. The van der Waals surface area contributed by atoms with Crippen molar-refractivity contribution in [3.8, 4) is 0 Å². The Bertz CT molecular complexity index is 995. The Hall–Kier alpha value is -2.61. The molecule has 0 aromatic heterocycles. The van der Waals surface area contributed by atoms with E-state index in [0.717, 1.165) is 9.69 Å². The Balaban J connectivity index is 1.87. The van der Waals surface area contributed by atoms with E-state index in [1.54, 1.807) is 18.2 Å². The lowest BCUT2D eigenvalue weighted by atomic mass is 10.0. The number of methoxy groups -OCH3 is 1. The molecule has 0 fully saturated rings. The highest BCUT2D eigenvalue weighted by molar-refractivity contribution is 7.93. The quantitative estimate of drug-likeness (QED) is 0.762. The number of carbonyl (C=O) groups excluding carboxylic acids is 2. The second-order valence-corrected chi connectivity index (χ2v) is 8.75. The molecule has 0 bridgehead atoms. The summed E-state index contributed by atoms with van der Waals surface area (Å²) in [4.78, 5) is 24.6. The molecule has 3 rings (SSSR count). The number of anilines is 1. The third-order valence-electron chi connectivity index (χ3n) is 4.50. The maximum Gasteiger partial charge on any atom is 0.328 e. The third-order valence-corrected chi connectivity index (χ3v) is 6.30. The Morgan fingerprint density at radius 3 is 2.44 bits per heavy atom. The van der Waals surface area contributed by atoms with E-state index in [4.69, 9.17) is 4.74 Å². The fraction of sp³-hybridized carbons (Fsp3) is 0.368. The largest absolute Gasteiger partial charge is 0.467 e. The number of sulfonamides is 1. The predicted molar refractivity (Wildman–Crippen MR) is 102 cm³/mol. The van der Waals surface area contributed by atoms with Crippen molar-refractivity contribution in [1.29, 1.82) is 0 Å². The molecule has 7 nitrogen and oxygen atoms in total. The van der Waals surface area contributed by atoms with Crippen LogP contribution in [-0.2, 0) is 24.3 Å². The molecule has 0 spiro atoms. The average Bonchev–Trinajstić information content (AvgIpc) is 2.83. The van der Waals surface area contributed by atoms with Gasteiger partial charge in [-0.25, -0.2) is 13.2 Å². The van der Waals surface area contributed by atoms with Gasteiger partial charge in [-0.15, -0.1) is 0 Å². The molecule has 27 heavy (non-hydrogen) atoms. The van der Waals surface area contributed by atoms with Crippen LogP contribution >= 0.6 is 0 Å². The topological polar surface area (TPSA) is 92.8 Å². The van der Waals surface area contributed by atoms with Crippen LogP contribution in [0.25, 0.3) is 10.8 Å². The first-order chi connectivity index (χ1) is 12.8. The summed E-state index contributed by atoms with van der Waals surface area (Å²) >= 11 is 0. The van der Waals surface area contributed by atoms with Crippen LogP contribution in [0.1, 0.15) is 20.3 Å². The molecule has 1 heterocycles. The molecule has 0 saturated heterocycles. The molecule has 0 aliphatic carbocycles. The van der Waals surface area contributed by atoms with Crippen LogP contribution in [0.5, 0.6) is 0 Å². The Labute approximate surface area is 158 Å². The van der Waals surface area contributed by atoms with Crippen LogP contribution in [0.15, 0.2) is 41.3 Å². The maximum absolute atomic E-state index is 12.9. The van der Waals surface area contributed by atoms with Crippen molar-refractivity contribution in [3.05, 3.63) is 36.4 Å². The van der Waals surface area contributed by atoms with Crippen LogP contribution in [0.2, 0.25) is 0 Å². The van der Waals surface area contributed by atoms with Gasteiger partial charge in [0, 0.05) is 5.39 Å². The molecule has 144 valence electrons. The summed E-state index contributed by atoms with van der Waals surface area (Å²) in [6.07, 6.45) is 0.404. The van der Waals surface area contributed by atoms with Crippen molar-refractivity contribution in [1.82, 2.24) is 5.32 Å². The summed E-state index contributed by atoms with van der Waals surface area (Å²) < 4.78 is 31.6. The smallest absolute Gasteiger partial charge is 0.328 e. The number of hydrogen-bond acceptors (Lipinski definition) is 5. The van der Waals surface area contributed by atoms with E-state index < -0.39 is 34.5 Å². The molecule has 2 aromatic rings. The average molecular weight is 390 g/mol. The van der Waals surface area contributed by atoms with Crippen molar-refractivity contribution in [2.24, 2.45) is 5.92 Å². The Kier molecular flexibility index (Phi) is 5.10. The van der Waals surface area contributed by atoms with Crippen molar-refractivity contribution >= 4 is 38.4 Å². The van der Waals surface area contributed by atoms with E-state index >= 15 is 0 Å². The Morgan fingerprint density at radius 2 is 1.81 bits per heavy atom. The zero-order valence-corrected chi connectivity index (χ0v) is 16.2. The van der Waals surface area contributed by atoms with E-state index in [2.05, 4.69) is 5.32 Å². The zero-order chi connectivity index (χ0) is 19.8. The number of rotatable bonds is 6. The van der Waals surface area contributed by atoms with Crippen LogP contribution in [0.3, 0.4) is 0 Å². The van der Waals surface area contributed by atoms with Gasteiger partial charge in [-0.2, -0.15) is 0 Å². The molecule has 1 amide bonds. The maximum atomic E-state index is 12.9. The number of ether oxygens (including phenoxy) is 1. The standard InChI is InChI=1S/C19H22N2O5S/c1-12(2)10-14(19(23)26-3)20-17(22)11-21-15-8-4-6-13-7-5-9-16(18(13)15)27(21,24)25/h4-9,12,14H,10-11H2,1-3H3,(H,20,22)/t14-/m1/s1. The first kappa shape index (κ1) is 19.2.